The van der Waals surface area contributed by atoms with E-state index in [2.05, 4.69) is 20.5 Å². The van der Waals surface area contributed by atoms with Crippen molar-refractivity contribution in [1.29, 1.82) is 0 Å². The van der Waals surface area contributed by atoms with Crippen LogP contribution in [-0.2, 0) is 6.18 Å². The molecule has 0 atom stereocenters. The van der Waals surface area contributed by atoms with E-state index in [9.17, 15) is 18.0 Å². The van der Waals surface area contributed by atoms with Gasteiger partial charge in [0.15, 0.2) is 0 Å². The van der Waals surface area contributed by atoms with Gasteiger partial charge in [0.2, 0.25) is 5.13 Å². The first kappa shape index (κ1) is 17.3. The molecule has 2 aromatic heterocycles. The highest BCUT2D eigenvalue weighted by Crippen LogP contribution is 2.29. The highest BCUT2D eigenvalue weighted by atomic mass is 32.1. The fourth-order valence-electron chi connectivity index (χ4n) is 1.95. The number of amides is 1. The highest BCUT2D eigenvalue weighted by Gasteiger charge is 2.32. The summed E-state index contributed by atoms with van der Waals surface area (Å²) in [6, 6.07) is 1.85. The number of hydrogen-bond donors (Lipinski definition) is 1. The molecule has 0 unspecified atom stereocenters. The second kappa shape index (κ2) is 7.03. The number of carbonyl (C=O) groups excluding carboxylic acids is 1. The largest absolute Gasteiger partial charge is 0.433 e. The molecule has 1 N–H and O–H groups in total. The van der Waals surface area contributed by atoms with E-state index in [1.165, 1.54) is 11.3 Å². The van der Waals surface area contributed by atoms with Gasteiger partial charge in [0.1, 0.15) is 10.7 Å². The van der Waals surface area contributed by atoms with Crippen LogP contribution in [0.3, 0.4) is 0 Å². The summed E-state index contributed by atoms with van der Waals surface area (Å²) in [6.07, 6.45) is -1.80. The second-order valence-electron chi connectivity index (χ2n) is 4.84. The summed E-state index contributed by atoms with van der Waals surface area (Å²) in [7, 11) is 0. The number of nitrogens with zero attached hydrogens (tertiary/aromatic N) is 3. The molecule has 0 aliphatic carbocycles. The molecule has 9 heteroatoms. The van der Waals surface area contributed by atoms with Crippen LogP contribution in [0.5, 0.6) is 0 Å². The molecular formula is C14H15F3N4OS. The van der Waals surface area contributed by atoms with Crippen molar-refractivity contribution in [2.24, 2.45) is 0 Å². The Labute approximate surface area is 135 Å². The van der Waals surface area contributed by atoms with Gasteiger partial charge in [-0.15, -0.1) is 10.2 Å². The van der Waals surface area contributed by atoms with E-state index in [-0.39, 0.29) is 11.5 Å². The fourth-order valence-corrected chi connectivity index (χ4v) is 2.96. The molecule has 0 saturated carbocycles. The van der Waals surface area contributed by atoms with Crippen molar-refractivity contribution >= 4 is 22.4 Å². The van der Waals surface area contributed by atoms with E-state index in [0.29, 0.717) is 5.13 Å². The SMILES string of the molecule is CCC(CC)c1nnc(NC(=O)c2ccc(C(F)(F)F)nc2)s1. The van der Waals surface area contributed by atoms with Gasteiger partial charge < -0.3 is 0 Å². The maximum absolute atomic E-state index is 12.4. The summed E-state index contributed by atoms with van der Waals surface area (Å²) in [4.78, 5) is 15.3. The first-order valence-corrected chi connectivity index (χ1v) is 7.84. The Hall–Kier alpha value is -2.03. The molecule has 0 fully saturated rings. The third-order valence-corrected chi connectivity index (χ3v) is 4.31. The number of rotatable bonds is 5. The van der Waals surface area contributed by atoms with Crippen LogP contribution < -0.4 is 5.32 Å². The first-order chi connectivity index (χ1) is 10.8. The summed E-state index contributed by atoms with van der Waals surface area (Å²) in [6.45, 7) is 4.09. The number of anilines is 1. The molecule has 2 rings (SSSR count). The number of pyridine rings is 1. The summed E-state index contributed by atoms with van der Waals surface area (Å²) in [5.74, 6) is -0.288. The predicted octanol–water partition coefficient (Wildman–Crippen LogP) is 4.11. The van der Waals surface area contributed by atoms with Crippen molar-refractivity contribution in [1.82, 2.24) is 15.2 Å². The summed E-state index contributed by atoms with van der Waals surface area (Å²) in [5, 5.41) is 11.6. The van der Waals surface area contributed by atoms with E-state index < -0.39 is 17.8 Å². The molecule has 0 bridgehead atoms. The quantitative estimate of drug-likeness (QED) is 0.886. The van der Waals surface area contributed by atoms with Gasteiger partial charge in [-0.25, -0.2) is 0 Å². The number of aromatic nitrogens is 3. The van der Waals surface area contributed by atoms with Crippen molar-refractivity contribution < 1.29 is 18.0 Å². The molecule has 1 amide bonds. The molecule has 0 saturated heterocycles. The van der Waals surface area contributed by atoms with E-state index in [0.717, 1.165) is 36.2 Å². The van der Waals surface area contributed by atoms with Gasteiger partial charge in [0.05, 0.1) is 5.56 Å². The van der Waals surface area contributed by atoms with Crippen LogP contribution >= 0.6 is 11.3 Å². The van der Waals surface area contributed by atoms with Gasteiger partial charge in [-0.05, 0) is 25.0 Å². The zero-order chi connectivity index (χ0) is 17.0. The lowest BCUT2D eigenvalue weighted by Gasteiger charge is -2.06. The summed E-state index contributed by atoms with van der Waals surface area (Å²) >= 11 is 1.27. The lowest BCUT2D eigenvalue weighted by atomic mass is 10.1. The average Bonchev–Trinajstić information content (AvgIpc) is 2.96. The van der Waals surface area contributed by atoms with Crippen LogP contribution in [0.2, 0.25) is 0 Å². The van der Waals surface area contributed by atoms with Crippen LogP contribution in [0.25, 0.3) is 0 Å². The molecule has 2 heterocycles. The zero-order valence-electron chi connectivity index (χ0n) is 12.5. The van der Waals surface area contributed by atoms with Crippen molar-refractivity contribution in [3.63, 3.8) is 0 Å². The van der Waals surface area contributed by atoms with Gasteiger partial charge in [-0.1, -0.05) is 25.2 Å². The number of alkyl halides is 3. The first-order valence-electron chi connectivity index (χ1n) is 7.03. The molecule has 23 heavy (non-hydrogen) atoms. The normalized spacial score (nSPS) is 11.7. The zero-order valence-corrected chi connectivity index (χ0v) is 13.3. The van der Waals surface area contributed by atoms with E-state index >= 15 is 0 Å². The molecule has 0 radical (unpaired) electrons. The average molecular weight is 344 g/mol. The van der Waals surface area contributed by atoms with Gasteiger partial charge in [-0.3, -0.25) is 15.1 Å². The summed E-state index contributed by atoms with van der Waals surface area (Å²) in [5.41, 5.74) is -1.02. The number of hydrogen-bond acceptors (Lipinski definition) is 5. The maximum atomic E-state index is 12.4. The standard InChI is InChI=1S/C14H15F3N4OS/c1-3-8(4-2)12-20-21-13(23-12)19-11(22)9-5-6-10(18-7-9)14(15,16)17/h5-8H,3-4H2,1-2H3,(H,19,21,22). The van der Waals surface area contributed by atoms with Crippen LogP contribution in [0.4, 0.5) is 18.3 Å². The van der Waals surface area contributed by atoms with Crippen LogP contribution in [0.15, 0.2) is 18.3 Å². The third kappa shape index (κ3) is 4.25. The van der Waals surface area contributed by atoms with E-state index in [1.54, 1.807) is 0 Å². The number of carbonyl (C=O) groups is 1. The summed E-state index contributed by atoms with van der Waals surface area (Å²) < 4.78 is 37.3. The molecule has 0 aromatic carbocycles. The highest BCUT2D eigenvalue weighted by molar-refractivity contribution is 7.15. The monoisotopic (exact) mass is 344 g/mol. The molecule has 0 aliphatic rings. The second-order valence-corrected chi connectivity index (χ2v) is 5.85. The fraction of sp³-hybridized carbons (Fsp3) is 0.429. The van der Waals surface area contributed by atoms with Gasteiger partial charge in [0, 0.05) is 12.1 Å². The van der Waals surface area contributed by atoms with Gasteiger partial charge in [-0.2, -0.15) is 13.2 Å². The molecule has 0 spiro atoms. The molecule has 0 aliphatic heterocycles. The Morgan fingerprint density at radius 1 is 1.26 bits per heavy atom. The molecular weight excluding hydrogens is 329 g/mol. The Balaban J connectivity index is 2.07. The van der Waals surface area contributed by atoms with E-state index in [1.807, 2.05) is 13.8 Å². The van der Waals surface area contributed by atoms with Crippen LogP contribution in [0, 0.1) is 0 Å². The Bertz CT molecular complexity index is 665. The molecule has 124 valence electrons. The Kier molecular flexibility index (Phi) is 5.30. The van der Waals surface area contributed by atoms with Crippen LogP contribution in [0.1, 0.15) is 53.7 Å². The maximum Gasteiger partial charge on any atom is 0.433 e. The third-order valence-electron chi connectivity index (χ3n) is 3.31. The number of halogens is 3. The minimum Gasteiger partial charge on any atom is -0.296 e. The smallest absolute Gasteiger partial charge is 0.296 e. The van der Waals surface area contributed by atoms with Gasteiger partial charge >= 0.3 is 6.18 Å². The number of nitrogens with one attached hydrogen (secondary N) is 1. The lowest BCUT2D eigenvalue weighted by molar-refractivity contribution is -0.141. The van der Waals surface area contributed by atoms with Crippen molar-refractivity contribution in [3.05, 3.63) is 34.6 Å². The lowest BCUT2D eigenvalue weighted by Crippen LogP contribution is -2.14. The predicted molar refractivity (Wildman–Crippen MR) is 80.4 cm³/mol. The minimum atomic E-state index is -4.53. The Morgan fingerprint density at radius 2 is 1.96 bits per heavy atom. The van der Waals surface area contributed by atoms with Crippen molar-refractivity contribution in [3.8, 4) is 0 Å². The molecule has 5 nitrogen and oxygen atoms in total. The molecule has 2 aromatic rings. The van der Waals surface area contributed by atoms with Crippen molar-refractivity contribution in [2.75, 3.05) is 5.32 Å². The van der Waals surface area contributed by atoms with E-state index in [4.69, 9.17) is 0 Å². The van der Waals surface area contributed by atoms with Crippen LogP contribution in [-0.4, -0.2) is 21.1 Å². The van der Waals surface area contributed by atoms with Gasteiger partial charge in [0.25, 0.3) is 5.91 Å². The topological polar surface area (TPSA) is 67.8 Å². The van der Waals surface area contributed by atoms with Crippen molar-refractivity contribution in [2.45, 2.75) is 38.8 Å². The minimum absolute atomic E-state index is 0.0253. The Morgan fingerprint density at radius 3 is 2.48 bits per heavy atom.